The van der Waals surface area contributed by atoms with Crippen LogP contribution in [0.15, 0.2) is 54.7 Å². The highest BCUT2D eigenvalue weighted by Crippen LogP contribution is 2.21. The highest BCUT2D eigenvalue weighted by atomic mass is 16.1. The Morgan fingerprint density at radius 2 is 1.84 bits per heavy atom. The third-order valence-electron chi connectivity index (χ3n) is 4.47. The zero-order valence-corrected chi connectivity index (χ0v) is 15.0. The molecule has 0 saturated heterocycles. The molecule has 0 fully saturated rings. The second kappa shape index (κ2) is 7.43. The van der Waals surface area contributed by atoms with Crippen LogP contribution in [0.4, 0.5) is 11.4 Å². The van der Waals surface area contributed by atoms with Crippen LogP contribution in [0.2, 0.25) is 0 Å². The van der Waals surface area contributed by atoms with E-state index < -0.39 is 0 Å². The minimum atomic E-state index is -0.00582. The number of rotatable bonds is 6. The molecule has 1 aromatic heterocycles. The van der Waals surface area contributed by atoms with Crippen LogP contribution in [-0.2, 0) is 11.2 Å². The largest absolute Gasteiger partial charge is 0.369 e. The molecular formula is C21H25N3O. The summed E-state index contributed by atoms with van der Waals surface area (Å²) in [6, 6.07) is 16.5. The van der Waals surface area contributed by atoms with E-state index in [0.717, 1.165) is 28.7 Å². The van der Waals surface area contributed by atoms with Gasteiger partial charge in [0.15, 0.2) is 0 Å². The van der Waals surface area contributed by atoms with Gasteiger partial charge in [-0.1, -0.05) is 18.2 Å². The van der Waals surface area contributed by atoms with E-state index in [9.17, 15) is 4.79 Å². The van der Waals surface area contributed by atoms with Gasteiger partial charge in [-0.05, 0) is 56.7 Å². The van der Waals surface area contributed by atoms with E-state index in [-0.39, 0.29) is 5.91 Å². The van der Waals surface area contributed by atoms with Gasteiger partial charge >= 0.3 is 0 Å². The van der Waals surface area contributed by atoms with Crippen LogP contribution in [0.5, 0.6) is 0 Å². The van der Waals surface area contributed by atoms with Crippen LogP contribution in [0, 0.1) is 0 Å². The van der Waals surface area contributed by atoms with Gasteiger partial charge in [0.05, 0.1) is 6.42 Å². The van der Waals surface area contributed by atoms with Crippen molar-refractivity contribution in [2.75, 3.05) is 16.8 Å². The zero-order valence-electron chi connectivity index (χ0n) is 15.0. The molecule has 4 heteroatoms. The van der Waals surface area contributed by atoms with Crippen molar-refractivity contribution in [2.45, 2.75) is 33.2 Å². The first kappa shape index (κ1) is 17.1. The molecular weight excluding hydrogens is 310 g/mol. The van der Waals surface area contributed by atoms with Crippen LogP contribution in [-0.4, -0.2) is 23.5 Å². The number of hydrogen-bond donors (Lipinski definition) is 2. The first-order valence-electron chi connectivity index (χ1n) is 8.80. The molecule has 3 aromatic rings. The van der Waals surface area contributed by atoms with E-state index in [4.69, 9.17) is 0 Å². The van der Waals surface area contributed by atoms with Crippen molar-refractivity contribution in [1.82, 2.24) is 4.98 Å². The lowest BCUT2D eigenvalue weighted by molar-refractivity contribution is -0.115. The minimum absolute atomic E-state index is 0.00582. The number of nitrogens with zero attached hydrogens (tertiary/aromatic N) is 1. The molecule has 0 bridgehead atoms. The lowest BCUT2D eigenvalue weighted by atomic mass is 10.1. The first-order chi connectivity index (χ1) is 12.1. The van der Waals surface area contributed by atoms with E-state index in [1.807, 2.05) is 42.6 Å². The van der Waals surface area contributed by atoms with Crippen molar-refractivity contribution in [2.24, 2.45) is 0 Å². The molecule has 0 spiro atoms. The van der Waals surface area contributed by atoms with Gasteiger partial charge in [0, 0.05) is 41.1 Å². The number of carbonyl (C=O) groups excluding carboxylic acids is 1. The maximum atomic E-state index is 12.4. The fraction of sp³-hybridized carbons (Fsp3) is 0.286. The molecule has 130 valence electrons. The highest BCUT2D eigenvalue weighted by molar-refractivity contribution is 5.95. The first-order valence-corrected chi connectivity index (χ1v) is 8.80. The van der Waals surface area contributed by atoms with Gasteiger partial charge in [0.1, 0.15) is 0 Å². The highest BCUT2D eigenvalue weighted by Gasteiger charge is 2.10. The Hall–Kier alpha value is -2.75. The number of nitrogens with one attached hydrogen (secondary N) is 2. The van der Waals surface area contributed by atoms with Crippen LogP contribution < -0.4 is 10.2 Å². The Labute approximate surface area is 148 Å². The topological polar surface area (TPSA) is 48.1 Å². The SMILES string of the molecule is CCN(c1ccc(NC(=O)Cc2c[nH]c3ccccc23)cc1)C(C)C. The molecule has 0 aliphatic carbocycles. The summed E-state index contributed by atoms with van der Waals surface area (Å²) in [5.41, 5.74) is 4.07. The summed E-state index contributed by atoms with van der Waals surface area (Å²) in [5.74, 6) is -0.00582. The Bertz CT molecular complexity index is 849. The van der Waals surface area contributed by atoms with Gasteiger partial charge in [-0.25, -0.2) is 0 Å². The number of amides is 1. The molecule has 2 aromatic carbocycles. The molecule has 25 heavy (non-hydrogen) atoms. The number of para-hydroxylation sites is 1. The number of anilines is 2. The van der Waals surface area contributed by atoms with Crippen molar-refractivity contribution >= 4 is 28.2 Å². The fourth-order valence-electron chi connectivity index (χ4n) is 3.24. The lowest BCUT2D eigenvalue weighted by Gasteiger charge is -2.27. The summed E-state index contributed by atoms with van der Waals surface area (Å²) < 4.78 is 0. The van der Waals surface area contributed by atoms with Gasteiger partial charge in [-0.2, -0.15) is 0 Å². The van der Waals surface area contributed by atoms with Gasteiger partial charge in [-0.15, -0.1) is 0 Å². The van der Waals surface area contributed by atoms with Crippen molar-refractivity contribution in [3.63, 3.8) is 0 Å². The molecule has 0 aliphatic rings. The summed E-state index contributed by atoms with van der Waals surface area (Å²) >= 11 is 0. The van der Waals surface area contributed by atoms with Crippen molar-refractivity contribution in [1.29, 1.82) is 0 Å². The van der Waals surface area contributed by atoms with Crippen molar-refractivity contribution in [3.8, 4) is 0 Å². The lowest BCUT2D eigenvalue weighted by Crippen LogP contribution is -2.30. The molecule has 2 N–H and O–H groups in total. The van der Waals surface area contributed by atoms with Crippen LogP contribution in [0.25, 0.3) is 10.9 Å². The maximum absolute atomic E-state index is 12.4. The third-order valence-corrected chi connectivity index (χ3v) is 4.47. The van der Waals surface area contributed by atoms with Crippen molar-refractivity contribution in [3.05, 3.63) is 60.3 Å². The second-order valence-electron chi connectivity index (χ2n) is 6.51. The predicted molar refractivity (Wildman–Crippen MR) is 105 cm³/mol. The normalized spacial score (nSPS) is 11.0. The van der Waals surface area contributed by atoms with Crippen LogP contribution in [0.3, 0.4) is 0 Å². The molecule has 0 radical (unpaired) electrons. The summed E-state index contributed by atoms with van der Waals surface area (Å²) in [5, 5.41) is 4.09. The molecule has 4 nitrogen and oxygen atoms in total. The minimum Gasteiger partial charge on any atom is -0.369 e. The third kappa shape index (κ3) is 3.85. The summed E-state index contributed by atoms with van der Waals surface area (Å²) in [4.78, 5) is 17.9. The van der Waals surface area contributed by atoms with E-state index in [1.165, 1.54) is 5.69 Å². The predicted octanol–water partition coefficient (Wildman–Crippen LogP) is 4.58. The van der Waals surface area contributed by atoms with Gasteiger partial charge in [0.25, 0.3) is 0 Å². The van der Waals surface area contributed by atoms with Crippen LogP contribution in [0.1, 0.15) is 26.3 Å². The Morgan fingerprint density at radius 1 is 1.12 bits per heavy atom. The average molecular weight is 335 g/mol. The zero-order chi connectivity index (χ0) is 17.8. The van der Waals surface area contributed by atoms with Gasteiger partial charge in [0.2, 0.25) is 5.91 Å². The summed E-state index contributed by atoms with van der Waals surface area (Å²) in [6.07, 6.45) is 2.27. The van der Waals surface area contributed by atoms with Crippen molar-refractivity contribution < 1.29 is 4.79 Å². The molecule has 0 atom stereocenters. The molecule has 3 rings (SSSR count). The second-order valence-corrected chi connectivity index (χ2v) is 6.51. The molecule has 1 heterocycles. The fourth-order valence-corrected chi connectivity index (χ4v) is 3.24. The monoisotopic (exact) mass is 335 g/mol. The summed E-state index contributed by atoms with van der Waals surface area (Å²) in [6.45, 7) is 7.47. The maximum Gasteiger partial charge on any atom is 0.228 e. The number of aromatic amines is 1. The standard InChI is InChI=1S/C21H25N3O/c1-4-24(15(2)3)18-11-9-17(10-12-18)23-21(25)13-16-14-22-20-8-6-5-7-19(16)20/h5-12,14-15,22H,4,13H2,1-3H3,(H,23,25). The quantitative estimate of drug-likeness (QED) is 0.692. The molecule has 0 unspecified atom stereocenters. The number of H-pyrrole nitrogens is 1. The molecule has 0 saturated carbocycles. The Kier molecular flexibility index (Phi) is 5.08. The molecule has 1 amide bonds. The smallest absolute Gasteiger partial charge is 0.228 e. The van der Waals surface area contributed by atoms with Gasteiger partial charge in [-0.3, -0.25) is 4.79 Å². The number of benzene rings is 2. The van der Waals surface area contributed by atoms with E-state index >= 15 is 0 Å². The van der Waals surface area contributed by atoms with E-state index in [0.29, 0.717) is 12.5 Å². The van der Waals surface area contributed by atoms with E-state index in [1.54, 1.807) is 0 Å². The Morgan fingerprint density at radius 3 is 2.52 bits per heavy atom. The molecule has 0 aliphatic heterocycles. The Balaban J connectivity index is 1.67. The summed E-state index contributed by atoms with van der Waals surface area (Å²) in [7, 11) is 0. The van der Waals surface area contributed by atoms with Crippen LogP contribution >= 0.6 is 0 Å². The number of carbonyl (C=O) groups is 1. The average Bonchev–Trinajstić information content (AvgIpc) is 3.00. The number of aromatic nitrogens is 1. The number of fused-ring (bicyclic) bond motifs is 1. The van der Waals surface area contributed by atoms with Gasteiger partial charge < -0.3 is 15.2 Å². The number of hydrogen-bond acceptors (Lipinski definition) is 2. The van der Waals surface area contributed by atoms with E-state index in [2.05, 4.69) is 48.1 Å².